The minimum Gasteiger partial charge on any atom is -0.396 e. The lowest BCUT2D eigenvalue weighted by Crippen LogP contribution is -1.98. The van der Waals surface area contributed by atoms with E-state index in [2.05, 4.69) is 4.98 Å². The number of benzene rings is 1. The summed E-state index contributed by atoms with van der Waals surface area (Å²) >= 11 is 0. The van der Waals surface area contributed by atoms with Crippen LogP contribution in [0, 0.1) is 12.7 Å². The summed E-state index contributed by atoms with van der Waals surface area (Å²) in [6.07, 6.45) is 1.45. The Morgan fingerprint density at radius 2 is 2.00 bits per heavy atom. The third-order valence-corrected chi connectivity index (χ3v) is 2.30. The Balaban J connectivity index is 2.94. The molecule has 0 amide bonds. The molecule has 0 aliphatic rings. The van der Waals surface area contributed by atoms with Crippen LogP contribution in [0.2, 0.25) is 0 Å². The highest BCUT2D eigenvalue weighted by Gasteiger charge is 2.08. The van der Waals surface area contributed by atoms with Crippen molar-refractivity contribution in [1.82, 2.24) is 4.98 Å². The molecule has 0 bridgehead atoms. The fraction of sp³-hybridized carbons (Fsp3) is 0.100. The molecule has 2 rings (SSSR count). The van der Waals surface area contributed by atoms with E-state index in [1.807, 2.05) is 0 Å². The number of nitrogens with zero attached hydrogens (tertiary/aromatic N) is 1. The van der Waals surface area contributed by atoms with Crippen LogP contribution in [0.15, 0.2) is 18.3 Å². The van der Waals surface area contributed by atoms with Crippen molar-refractivity contribution in [3.05, 3.63) is 29.7 Å². The first-order chi connectivity index (χ1) is 6.61. The van der Waals surface area contributed by atoms with Gasteiger partial charge in [0.1, 0.15) is 5.82 Å². The first-order valence-corrected chi connectivity index (χ1v) is 4.20. The highest BCUT2D eigenvalue weighted by molar-refractivity contribution is 5.96. The first kappa shape index (κ1) is 8.74. The summed E-state index contributed by atoms with van der Waals surface area (Å²) in [5.74, 6) is -0.283. The van der Waals surface area contributed by atoms with Crippen molar-refractivity contribution in [1.29, 1.82) is 0 Å². The van der Waals surface area contributed by atoms with Gasteiger partial charge in [0, 0.05) is 10.9 Å². The standard InChI is InChI=1S/C10H10FN3/c1-5-7(11)3-2-6-9(13)8(12)4-14-10(5)6/h2-4H,12H2,1H3,(H2,13,14). The second-order valence-electron chi connectivity index (χ2n) is 3.20. The largest absolute Gasteiger partial charge is 0.396 e. The Bertz CT molecular complexity index is 461. The van der Waals surface area contributed by atoms with Gasteiger partial charge in [-0.2, -0.15) is 0 Å². The summed E-state index contributed by atoms with van der Waals surface area (Å²) in [6, 6.07) is 2.96. The van der Waals surface area contributed by atoms with E-state index >= 15 is 0 Å². The predicted octanol–water partition coefficient (Wildman–Crippen LogP) is 1.85. The van der Waals surface area contributed by atoms with E-state index < -0.39 is 0 Å². The molecule has 0 saturated carbocycles. The predicted molar refractivity (Wildman–Crippen MR) is 55.3 cm³/mol. The van der Waals surface area contributed by atoms with Gasteiger partial charge in [-0.25, -0.2) is 4.39 Å². The molecule has 0 aliphatic carbocycles. The van der Waals surface area contributed by atoms with Crippen LogP contribution in [-0.2, 0) is 0 Å². The van der Waals surface area contributed by atoms with Crippen molar-refractivity contribution in [2.45, 2.75) is 6.92 Å². The molecule has 0 atom stereocenters. The molecule has 2 aromatic rings. The number of pyridine rings is 1. The molecule has 14 heavy (non-hydrogen) atoms. The number of fused-ring (bicyclic) bond motifs is 1. The first-order valence-electron chi connectivity index (χ1n) is 4.20. The van der Waals surface area contributed by atoms with Gasteiger partial charge in [-0.3, -0.25) is 4.98 Å². The number of anilines is 2. The summed E-state index contributed by atoms with van der Waals surface area (Å²) in [6.45, 7) is 1.67. The topological polar surface area (TPSA) is 64.9 Å². The third kappa shape index (κ3) is 1.08. The van der Waals surface area contributed by atoms with Gasteiger partial charge in [0.2, 0.25) is 0 Å². The second kappa shape index (κ2) is 2.83. The lowest BCUT2D eigenvalue weighted by molar-refractivity contribution is 0.620. The van der Waals surface area contributed by atoms with Gasteiger partial charge >= 0.3 is 0 Å². The molecule has 0 fully saturated rings. The minimum atomic E-state index is -0.283. The number of nitrogens with two attached hydrogens (primary N) is 2. The summed E-state index contributed by atoms with van der Waals surface area (Å²) < 4.78 is 13.2. The summed E-state index contributed by atoms with van der Waals surface area (Å²) in [4.78, 5) is 4.06. The molecule has 4 N–H and O–H groups in total. The molecule has 72 valence electrons. The van der Waals surface area contributed by atoms with Crippen molar-refractivity contribution < 1.29 is 4.39 Å². The molecular formula is C10H10FN3. The van der Waals surface area contributed by atoms with Crippen LogP contribution < -0.4 is 11.5 Å². The van der Waals surface area contributed by atoms with E-state index in [-0.39, 0.29) is 5.82 Å². The Hall–Kier alpha value is -1.84. The lowest BCUT2D eigenvalue weighted by atomic mass is 10.1. The van der Waals surface area contributed by atoms with E-state index in [4.69, 9.17) is 11.5 Å². The average molecular weight is 191 g/mol. The van der Waals surface area contributed by atoms with Gasteiger partial charge in [-0.05, 0) is 19.1 Å². The van der Waals surface area contributed by atoms with Crippen LogP contribution in [-0.4, -0.2) is 4.98 Å². The molecule has 1 aromatic carbocycles. The maximum atomic E-state index is 13.2. The molecule has 1 heterocycles. The number of rotatable bonds is 0. The molecule has 3 nitrogen and oxygen atoms in total. The van der Waals surface area contributed by atoms with E-state index in [0.29, 0.717) is 27.8 Å². The summed E-state index contributed by atoms with van der Waals surface area (Å²) in [5.41, 5.74) is 13.3. The van der Waals surface area contributed by atoms with Crippen molar-refractivity contribution in [3.63, 3.8) is 0 Å². The molecular weight excluding hydrogens is 181 g/mol. The zero-order chi connectivity index (χ0) is 10.3. The number of halogens is 1. The summed E-state index contributed by atoms with van der Waals surface area (Å²) in [7, 11) is 0. The van der Waals surface area contributed by atoms with Crippen molar-refractivity contribution >= 4 is 22.3 Å². The number of hydrogen-bond acceptors (Lipinski definition) is 3. The monoisotopic (exact) mass is 191 g/mol. The molecule has 1 aromatic heterocycles. The second-order valence-corrected chi connectivity index (χ2v) is 3.20. The average Bonchev–Trinajstić information content (AvgIpc) is 2.17. The summed E-state index contributed by atoms with van der Waals surface area (Å²) in [5, 5.41) is 0.698. The van der Waals surface area contributed by atoms with Gasteiger partial charge < -0.3 is 11.5 Å². The Morgan fingerprint density at radius 1 is 1.29 bits per heavy atom. The number of aromatic nitrogens is 1. The fourth-order valence-electron chi connectivity index (χ4n) is 1.42. The van der Waals surface area contributed by atoms with Gasteiger partial charge in [0.15, 0.2) is 0 Å². The highest BCUT2D eigenvalue weighted by atomic mass is 19.1. The lowest BCUT2D eigenvalue weighted by Gasteiger charge is -2.06. The van der Waals surface area contributed by atoms with E-state index in [9.17, 15) is 4.39 Å². The van der Waals surface area contributed by atoms with Crippen LogP contribution in [0.3, 0.4) is 0 Å². The Morgan fingerprint density at radius 3 is 2.71 bits per heavy atom. The SMILES string of the molecule is Cc1c(F)ccc2c(N)c(N)cnc12. The molecule has 0 spiro atoms. The van der Waals surface area contributed by atoms with Crippen LogP contribution in [0.4, 0.5) is 15.8 Å². The fourth-order valence-corrected chi connectivity index (χ4v) is 1.42. The minimum absolute atomic E-state index is 0.283. The van der Waals surface area contributed by atoms with Crippen LogP contribution in [0.5, 0.6) is 0 Å². The van der Waals surface area contributed by atoms with E-state index in [0.717, 1.165) is 0 Å². The number of aryl methyl sites for hydroxylation is 1. The molecule has 0 radical (unpaired) electrons. The van der Waals surface area contributed by atoms with Crippen LogP contribution in [0.1, 0.15) is 5.56 Å². The molecule has 0 saturated heterocycles. The van der Waals surface area contributed by atoms with Crippen LogP contribution >= 0.6 is 0 Å². The van der Waals surface area contributed by atoms with Crippen molar-refractivity contribution in [2.24, 2.45) is 0 Å². The Labute approximate surface area is 80.5 Å². The number of nitrogen functional groups attached to an aromatic ring is 2. The van der Waals surface area contributed by atoms with Gasteiger partial charge in [0.05, 0.1) is 23.1 Å². The zero-order valence-electron chi connectivity index (χ0n) is 7.71. The smallest absolute Gasteiger partial charge is 0.128 e. The maximum absolute atomic E-state index is 13.2. The van der Waals surface area contributed by atoms with Gasteiger partial charge in [-0.1, -0.05) is 0 Å². The number of hydrogen-bond donors (Lipinski definition) is 2. The Kier molecular flexibility index (Phi) is 1.77. The van der Waals surface area contributed by atoms with E-state index in [1.165, 1.54) is 12.3 Å². The highest BCUT2D eigenvalue weighted by Crippen LogP contribution is 2.27. The third-order valence-electron chi connectivity index (χ3n) is 2.30. The molecule has 4 heteroatoms. The molecule has 0 unspecified atom stereocenters. The maximum Gasteiger partial charge on any atom is 0.128 e. The van der Waals surface area contributed by atoms with Gasteiger partial charge in [0.25, 0.3) is 0 Å². The van der Waals surface area contributed by atoms with E-state index in [1.54, 1.807) is 13.0 Å². The van der Waals surface area contributed by atoms with Gasteiger partial charge in [-0.15, -0.1) is 0 Å². The normalized spacial score (nSPS) is 10.7. The van der Waals surface area contributed by atoms with Crippen molar-refractivity contribution in [3.8, 4) is 0 Å². The molecule has 0 aliphatic heterocycles. The van der Waals surface area contributed by atoms with Crippen LogP contribution in [0.25, 0.3) is 10.9 Å². The quantitative estimate of drug-likeness (QED) is 0.667. The zero-order valence-corrected chi connectivity index (χ0v) is 7.71. The van der Waals surface area contributed by atoms with Crippen molar-refractivity contribution in [2.75, 3.05) is 11.5 Å².